The van der Waals surface area contributed by atoms with E-state index in [0.29, 0.717) is 0 Å². The van der Waals surface area contributed by atoms with E-state index >= 15 is 0 Å². The summed E-state index contributed by atoms with van der Waals surface area (Å²) in [6.45, 7) is 0.440. The van der Waals surface area contributed by atoms with Crippen LogP contribution in [0.25, 0.3) is 0 Å². The van der Waals surface area contributed by atoms with Crippen molar-refractivity contribution in [3.63, 3.8) is 0 Å². The molecule has 0 aliphatic carbocycles. The van der Waals surface area contributed by atoms with Gasteiger partial charge >= 0.3 is 0 Å². The maximum atomic E-state index is 7.73. The van der Waals surface area contributed by atoms with Crippen LogP contribution in [0.5, 0.6) is 0 Å². The Hall–Kier alpha value is -1.69. The van der Waals surface area contributed by atoms with Crippen molar-refractivity contribution in [3.05, 3.63) is 71.8 Å². The second kappa shape index (κ2) is 6.47. The predicted octanol–water partition coefficient (Wildman–Crippen LogP) is 3.93. The summed E-state index contributed by atoms with van der Waals surface area (Å²) in [4.78, 5) is 0. The molecule has 0 aliphatic rings. The van der Waals surface area contributed by atoms with Gasteiger partial charge in [0, 0.05) is 0 Å². The molecule has 0 aromatic heterocycles. The maximum absolute atomic E-state index is 7.73. The van der Waals surface area contributed by atoms with Crippen LogP contribution >= 0.6 is 0 Å². The van der Waals surface area contributed by atoms with Crippen molar-refractivity contribution in [3.8, 4) is 0 Å². The largest absolute Gasteiger partial charge is 0.275 e. The molecule has 19 heavy (non-hydrogen) atoms. The highest BCUT2D eigenvalue weighted by molar-refractivity contribution is 7.84. The number of nitrogens with one attached hydrogen (secondary N) is 2. The van der Waals surface area contributed by atoms with E-state index in [4.69, 9.17) is 17.9 Å². The number of hydrogen-bond donors (Lipinski definition) is 2. The summed E-state index contributed by atoms with van der Waals surface area (Å²) < 4.78 is 25.9. The van der Waals surface area contributed by atoms with Crippen molar-refractivity contribution in [2.45, 2.75) is 13.2 Å². The van der Waals surface area contributed by atoms with E-state index in [1.807, 2.05) is 60.7 Å². The van der Waals surface area contributed by atoms with Gasteiger partial charge < -0.3 is 0 Å². The molecule has 0 aliphatic heterocycles. The molecule has 2 rings (SSSR count). The van der Waals surface area contributed by atoms with Crippen molar-refractivity contribution in [1.29, 1.82) is 9.56 Å². The first-order chi connectivity index (χ1) is 9.16. The van der Waals surface area contributed by atoms with Crippen LogP contribution in [-0.2, 0) is 31.8 Å². The quantitative estimate of drug-likeness (QED) is 0.839. The molecule has 0 bridgehead atoms. The van der Waals surface area contributed by atoms with E-state index in [-0.39, 0.29) is 13.2 Å². The number of benzene rings is 2. The zero-order valence-electron chi connectivity index (χ0n) is 10.4. The van der Waals surface area contributed by atoms with Gasteiger partial charge in [-0.3, -0.25) is 8.37 Å². The Morgan fingerprint density at radius 3 is 1.42 bits per heavy atom. The lowest BCUT2D eigenvalue weighted by Crippen LogP contribution is -2.07. The Kier molecular flexibility index (Phi) is 4.68. The van der Waals surface area contributed by atoms with E-state index in [1.54, 1.807) is 0 Å². The zero-order chi connectivity index (χ0) is 13.6. The summed E-state index contributed by atoms with van der Waals surface area (Å²) in [5.41, 5.74) is 1.87. The van der Waals surface area contributed by atoms with Gasteiger partial charge in [0.15, 0.2) is 10.2 Å². The van der Waals surface area contributed by atoms with Crippen molar-refractivity contribution >= 4 is 10.2 Å². The molecule has 0 fully saturated rings. The summed E-state index contributed by atoms with van der Waals surface area (Å²) >= 11 is 0. The second-order valence-corrected chi connectivity index (χ2v) is 5.48. The molecule has 0 saturated heterocycles. The van der Waals surface area contributed by atoms with Gasteiger partial charge in [-0.1, -0.05) is 60.7 Å². The molecule has 100 valence electrons. The van der Waals surface area contributed by atoms with E-state index in [0.717, 1.165) is 11.1 Å². The molecule has 2 N–H and O–H groups in total. The Bertz CT molecular complexity index is 548. The number of hydrogen-bond acceptors (Lipinski definition) is 4. The molecule has 2 aromatic rings. The first-order valence-electron chi connectivity index (χ1n) is 5.85. The smallest absolute Gasteiger partial charge is 0.176 e. The molecule has 0 saturated carbocycles. The molecule has 5 heteroatoms. The number of rotatable bonds is 6. The summed E-state index contributed by atoms with van der Waals surface area (Å²) in [6, 6.07) is 19.0. The van der Waals surface area contributed by atoms with E-state index in [1.165, 1.54) is 0 Å². The van der Waals surface area contributed by atoms with Crippen LogP contribution < -0.4 is 0 Å². The molecule has 0 heterocycles. The third-order valence-electron chi connectivity index (χ3n) is 2.47. The van der Waals surface area contributed by atoms with Gasteiger partial charge in [-0.25, -0.2) is 9.56 Å². The summed E-state index contributed by atoms with van der Waals surface area (Å²) in [5, 5.41) is 0. The summed E-state index contributed by atoms with van der Waals surface area (Å²) in [5.74, 6) is 0. The van der Waals surface area contributed by atoms with Crippen LogP contribution in [0.2, 0.25) is 0 Å². The van der Waals surface area contributed by atoms with Gasteiger partial charge in [-0.15, -0.1) is 0 Å². The zero-order valence-corrected chi connectivity index (χ0v) is 11.2. The third kappa shape index (κ3) is 4.82. The average Bonchev–Trinajstić information content (AvgIpc) is 2.46. The molecule has 0 amide bonds. The monoisotopic (exact) mass is 276 g/mol. The lowest BCUT2D eigenvalue weighted by molar-refractivity contribution is 0.246. The molecule has 0 atom stereocenters. The Morgan fingerprint density at radius 1 is 0.684 bits per heavy atom. The third-order valence-corrected chi connectivity index (χ3v) is 3.37. The van der Waals surface area contributed by atoms with Crippen molar-refractivity contribution in [1.82, 2.24) is 0 Å². The van der Waals surface area contributed by atoms with Crippen LogP contribution in [0.15, 0.2) is 60.7 Å². The SMILES string of the molecule is N=S(=N)(OCc1ccccc1)OCc1ccccc1. The summed E-state index contributed by atoms with van der Waals surface area (Å²) in [6.07, 6.45) is 0. The second-order valence-electron chi connectivity index (χ2n) is 4.00. The average molecular weight is 276 g/mol. The van der Waals surface area contributed by atoms with Crippen LogP contribution in [0.4, 0.5) is 0 Å². The highest BCUT2D eigenvalue weighted by Crippen LogP contribution is 2.10. The van der Waals surface area contributed by atoms with Crippen LogP contribution in [0, 0.1) is 9.56 Å². The van der Waals surface area contributed by atoms with Gasteiger partial charge in [-0.05, 0) is 11.1 Å². The molecular weight excluding hydrogens is 260 g/mol. The molecule has 2 aromatic carbocycles. The molecule has 0 spiro atoms. The molecule has 0 radical (unpaired) electrons. The fraction of sp³-hybridized carbons (Fsp3) is 0.143. The van der Waals surface area contributed by atoms with Crippen molar-refractivity contribution in [2.24, 2.45) is 0 Å². The van der Waals surface area contributed by atoms with E-state index < -0.39 is 10.2 Å². The standard InChI is InChI=1S/C14H16N2O2S/c15-19(16,17-11-13-7-3-1-4-8-13)18-12-14-9-5-2-6-10-14/h1-10,15-16H,11-12H2. The first-order valence-corrected chi connectivity index (χ1v) is 7.33. The first kappa shape index (κ1) is 13.7. The normalized spacial score (nSPS) is 11.4. The topological polar surface area (TPSA) is 66.2 Å². The van der Waals surface area contributed by atoms with Gasteiger partial charge in [0.05, 0.1) is 13.2 Å². The van der Waals surface area contributed by atoms with Crippen LogP contribution in [0.3, 0.4) is 0 Å². The fourth-order valence-corrected chi connectivity index (χ4v) is 2.16. The Labute approximate surface area is 113 Å². The van der Waals surface area contributed by atoms with Crippen molar-refractivity contribution in [2.75, 3.05) is 0 Å². The van der Waals surface area contributed by atoms with Crippen molar-refractivity contribution < 1.29 is 8.37 Å². The predicted molar refractivity (Wildman–Crippen MR) is 75.3 cm³/mol. The van der Waals surface area contributed by atoms with E-state index in [9.17, 15) is 0 Å². The molecule has 0 unspecified atom stereocenters. The Balaban J connectivity index is 1.86. The highest BCUT2D eigenvalue weighted by atomic mass is 32.2. The lowest BCUT2D eigenvalue weighted by atomic mass is 10.2. The summed E-state index contributed by atoms with van der Waals surface area (Å²) in [7, 11) is -2.98. The minimum Gasteiger partial charge on any atom is -0.275 e. The fourth-order valence-electron chi connectivity index (χ4n) is 1.48. The maximum Gasteiger partial charge on any atom is 0.176 e. The van der Waals surface area contributed by atoms with Gasteiger partial charge in [0.25, 0.3) is 0 Å². The highest BCUT2D eigenvalue weighted by Gasteiger charge is 2.04. The molecular formula is C14H16N2O2S. The van der Waals surface area contributed by atoms with Gasteiger partial charge in [0.1, 0.15) is 0 Å². The van der Waals surface area contributed by atoms with E-state index in [2.05, 4.69) is 0 Å². The van der Waals surface area contributed by atoms with Crippen LogP contribution in [0.1, 0.15) is 11.1 Å². The minimum absolute atomic E-state index is 0.220. The Morgan fingerprint density at radius 2 is 1.05 bits per heavy atom. The van der Waals surface area contributed by atoms with Gasteiger partial charge in [-0.2, -0.15) is 0 Å². The van der Waals surface area contributed by atoms with Gasteiger partial charge in [0.2, 0.25) is 0 Å². The molecule has 4 nitrogen and oxygen atoms in total. The minimum atomic E-state index is -2.98. The lowest BCUT2D eigenvalue weighted by Gasteiger charge is -2.12. The van der Waals surface area contributed by atoms with Crippen LogP contribution in [-0.4, -0.2) is 0 Å².